The van der Waals surface area contributed by atoms with Crippen LogP contribution in [-0.4, -0.2) is 17.2 Å². The van der Waals surface area contributed by atoms with Crippen molar-refractivity contribution in [3.63, 3.8) is 0 Å². The monoisotopic (exact) mass is 306 g/mol. The molecule has 3 heteroatoms. The third-order valence-electron chi connectivity index (χ3n) is 8.23. The van der Waals surface area contributed by atoms with Gasteiger partial charge in [-0.1, -0.05) is 13.8 Å². The fourth-order valence-electron chi connectivity index (χ4n) is 6.78. The van der Waals surface area contributed by atoms with Gasteiger partial charge in [-0.3, -0.25) is 9.59 Å². The van der Waals surface area contributed by atoms with Crippen molar-refractivity contribution in [3.05, 3.63) is 0 Å². The van der Waals surface area contributed by atoms with Crippen LogP contribution in [0, 0.1) is 28.6 Å². The lowest BCUT2D eigenvalue weighted by Gasteiger charge is -2.62. The van der Waals surface area contributed by atoms with Crippen molar-refractivity contribution in [3.8, 4) is 0 Å². The van der Waals surface area contributed by atoms with Crippen LogP contribution in [0.15, 0.2) is 0 Å². The molecule has 0 aromatic heterocycles. The summed E-state index contributed by atoms with van der Waals surface area (Å²) in [6, 6.07) is 0. The lowest BCUT2D eigenvalue weighted by atomic mass is 9.43. The predicted molar refractivity (Wildman–Crippen MR) is 82.1 cm³/mol. The van der Waals surface area contributed by atoms with Crippen molar-refractivity contribution in [1.29, 1.82) is 0 Å². The zero-order valence-corrected chi connectivity index (χ0v) is 13.8. The predicted octanol–water partition coefficient (Wildman–Crippen LogP) is 4.26. The minimum absolute atomic E-state index is 0.00940. The first-order valence-corrected chi connectivity index (χ1v) is 9.05. The minimum Gasteiger partial charge on any atom is -0.300 e. The fraction of sp³-hybridized carbons (Fsp3) is 0.895. The van der Waals surface area contributed by atoms with Crippen LogP contribution < -0.4 is 0 Å². The SMILES string of the molecule is C[C@]12CC(=O)CC[C@@H]1CC[C@H]1[C@@H]3CCC(=O)[C@@]3(C)CC[C@@]12F. The largest absolute Gasteiger partial charge is 0.300 e. The summed E-state index contributed by atoms with van der Waals surface area (Å²) >= 11 is 0. The van der Waals surface area contributed by atoms with E-state index in [1.54, 1.807) is 0 Å². The van der Waals surface area contributed by atoms with Gasteiger partial charge in [-0.15, -0.1) is 0 Å². The van der Waals surface area contributed by atoms with E-state index in [9.17, 15) is 9.59 Å². The van der Waals surface area contributed by atoms with Gasteiger partial charge in [0.05, 0.1) is 0 Å². The van der Waals surface area contributed by atoms with Gasteiger partial charge in [0.15, 0.2) is 0 Å². The van der Waals surface area contributed by atoms with Gasteiger partial charge in [0.25, 0.3) is 0 Å². The molecule has 0 aliphatic heterocycles. The van der Waals surface area contributed by atoms with E-state index in [2.05, 4.69) is 6.92 Å². The fourth-order valence-corrected chi connectivity index (χ4v) is 6.78. The maximum atomic E-state index is 16.4. The smallest absolute Gasteiger partial charge is 0.139 e. The molecule has 6 atom stereocenters. The molecule has 4 rings (SSSR count). The van der Waals surface area contributed by atoms with Gasteiger partial charge in [0.2, 0.25) is 0 Å². The first-order chi connectivity index (χ1) is 10.3. The number of Topliss-reactive ketones (excluding diaryl/α,β-unsaturated/α-hetero) is 2. The van der Waals surface area contributed by atoms with Crippen molar-refractivity contribution < 1.29 is 14.0 Å². The number of hydrogen-bond donors (Lipinski definition) is 0. The zero-order valence-electron chi connectivity index (χ0n) is 13.8. The van der Waals surface area contributed by atoms with Crippen LogP contribution in [-0.2, 0) is 9.59 Å². The number of carbonyl (C=O) groups is 2. The molecule has 122 valence electrons. The summed E-state index contributed by atoms with van der Waals surface area (Å²) in [4.78, 5) is 24.4. The molecule has 2 nitrogen and oxygen atoms in total. The van der Waals surface area contributed by atoms with Gasteiger partial charge < -0.3 is 0 Å². The van der Waals surface area contributed by atoms with Crippen molar-refractivity contribution in [2.75, 3.05) is 0 Å². The average molecular weight is 306 g/mol. The number of rotatable bonds is 0. The quantitative estimate of drug-likeness (QED) is 0.670. The molecule has 4 saturated carbocycles. The molecule has 0 amide bonds. The maximum Gasteiger partial charge on any atom is 0.139 e. The van der Waals surface area contributed by atoms with Gasteiger partial charge >= 0.3 is 0 Å². The van der Waals surface area contributed by atoms with Crippen molar-refractivity contribution in [1.82, 2.24) is 0 Å². The highest BCUT2D eigenvalue weighted by atomic mass is 19.1. The van der Waals surface area contributed by atoms with E-state index in [0.717, 1.165) is 25.7 Å². The number of carbonyl (C=O) groups excluding carboxylic acids is 2. The van der Waals surface area contributed by atoms with E-state index >= 15 is 4.39 Å². The van der Waals surface area contributed by atoms with Crippen LogP contribution in [0.25, 0.3) is 0 Å². The average Bonchev–Trinajstić information content (AvgIpc) is 2.76. The van der Waals surface area contributed by atoms with Gasteiger partial charge in [-0.2, -0.15) is 0 Å². The highest BCUT2D eigenvalue weighted by Crippen LogP contribution is 2.68. The second-order valence-corrected chi connectivity index (χ2v) is 8.90. The van der Waals surface area contributed by atoms with Gasteiger partial charge in [-0.05, 0) is 56.3 Å². The molecule has 0 radical (unpaired) electrons. The van der Waals surface area contributed by atoms with Crippen LogP contribution in [0.1, 0.15) is 71.6 Å². The Kier molecular flexibility index (Phi) is 2.98. The van der Waals surface area contributed by atoms with Crippen molar-refractivity contribution in [2.45, 2.75) is 77.3 Å². The topological polar surface area (TPSA) is 34.1 Å². The van der Waals surface area contributed by atoms with E-state index in [-0.39, 0.29) is 23.0 Å². The Hall–Kier alpha value is -0.730. The molecule has 0 N–H and O–H groups in total. The molecule has 0 heterocycles. The summed E-state index contributed by atoms with van der Waals surface area (Å²) in [5, 5.41) is 0. The molecule has 0 spiro atoms. The van der Waals surface area contributed by atoms with Crippen LogP contribution in [0.2, 0.25) is 0 Å². The number of hydrogen-bond acceptors (Lipinski definition) is 2. The Bertz CT molecular complexity index is 544. The summed E-state index contributed by atoms with van der Waals surface area (Å²) in [5.74, 6) is 1.14. The van der Waals surface area contributed by atoms with E-state index in [4.69, 9.17) is 0 Å². The molecular weight excluding hydrogens is 279 g/mol. The number of alkyl halides is 1. The second-order valence-electron chi connectivity index (χ2n) is 8.90. The molecule has 0 aromatic carbocycles. The Labute approximate surface area is 132 Å². The van der Waals surface area contributed by atoms with Crippen LogP contribution >= 0.6 is 0 Å². The Morgan fingerprint density at radius 2 is 1.73 bits per heavy atom. The summed E-state index contributed by atoms with van der Waals surface area (Å²) in [6.45, 7) is 4.12. The zero-order chi connectivity index (χ0) is 15.8. The molecule has 0 saturated heterocycles. The molecule has 0 bridgehead atoms. The summed E-state index contributed by atoms with van der Waals surface area (Å²) in [6.07, 6.45) is 6.54. The maximum absolute atomic E-state index is 16.4. The summed E-state index contributed by atoms with van der Waals surface area (Å²) in [5.41, 5.74) is -2.01. The molecular formula is C19H27FO2. The molecule has 0 unspecified atom stereocenters. The Balaban J connectivity index is 1.74. The van der Waals surface area contributed by atoms with Crippen LogP contribution in [0.3, 0.4) is 0 Å². The minimum atomic E-state index is -1.24. The van der Waals surface area contributed by atoms with Crippen molar-refractivity contribution >= 4 is 11.6 Å². The van der Waals surface area contributed by atoms with Gasteiger partial charge in [-0.25, -0.2) is 4.39 Å². The summed E-state index contributed by atoms with van der Waals surface area (Å²) in [7, 11) is 0. The summed E-state index contributed by atoms with van der Waals surface area (Å²) < 4.78 is 16.4. The Morgan fingerprint density at radius 3 is 2.50 bits per heavy atom. The van der Waals surface area contributed by atoms with E-state index < -0.39 is 11.1 Å². The first kappa shape index (κ1) is 14.8. The van der Waals surface area contributed by atoms with Gasteiger partial charge in [0, 0.05) is 30.1 Å². The van der Waals surface area contributed by atoms with Gasteiger partial charge in [0.1, 0.15) is 17.2 Å². The molecule has 4 fully saturated rings. The lowest BCUT2D eigenvalue weighted by molar-refractivity contribution is -0.191. The lowest BCUT2D eigenvalue weighted by Crippen LogP contribution is -2.63. The van der Waals surface area contributed by atoms with E-state index in [1.165, 1.54) is 0 Å². The number of halogens is 1. The third kappa shape index (κ3) is 1.61. The third-order valence-corrected chi connectivity index (χ3v) is 8.23. The highest BCUT2D eigenvalue weighted by molar-refractivity contribution is 5.87. The standard InChI is InChI=1S/C19H27FO2/c1-17-9-10-19(20)15(14(17)7-8-16(17)22)6-4-12-3-5-13(21)11-18(12,19)2/h12,14-15H,3-11H2,1-2H3/t12-,14+,15+,17+,18+,19-/m1/s1. The molecule has 4 aliphatic carbocycles. The Morgan fingerprint density at radius 1 is 0.955 bits per heavy atom. The second kappa shape index (κ2) is 4.42. The number of fused-ring (bicyclic) bond motifs is 5. The van der Waals surface area contributed by atoms with E-state index in [1.807, 2.05) is 6.92 Å². The molecule has 0 aromatic rings. The van der Waals surface area contributed by atoms with Crippen LogP contribution in [0.5, 0.6) is 0 Å². The van der Waals surface area contributed by atoms with E-state index in [0.29, 0.717) is 43.8 Å². The van der Waals surface area contributed by atoms with Crippen molar-refractivity contribution in [2.24, 2.45) is 28.6 Å². The number of ketones is 2. The molecule has 22 heavy (non-hydrogen) atoms. The molecule has 4 aliphatic rings. The first-order valence-electron chi connectivity index (χ1n) is 9.05. The highest BCUT2D eigenvalue weighted by Gasteiger charge is 2.68. The normalized spacial score (nSPS) is 54.6. The van der Waals surface area contributed by atoms with Crippen LogP contribution in [0.4, 0.5) is 4.39 Å².